The van der Waals surface area contributed by atoms with Crippen LogP contribution in [0.3, 0.4) is 0 Å². The molecule has 2 aromatic carbocycles. The highest BCUT2D eigenvalue weighted by Gasteiger charge is 2.08. The highest BCUT2D eigenvalue weighted by atomic mass is 79.9. The molecule has 0 saturated carbocycles. The third-order valence-corrected chi connectivity index (χ3v) is 3.91. The van der Waals surface area contributed by atoms with Crippen LogP contribution in [0.5, 0.6) is 0 Å². The average molecular weight is 341 g/mol. The van der Waals surface area contributed by atoms with E-state index in [9.17, 15) is 0 Å². The molecule has 1 N–H and O–H groups in total. The predicted octanol–water partition coefficient (Wildman–Crippen LogP) is 3.82. The predicted molar refractivity (Wildman–Crippen MR) is 86.9 cm³/mol. The number of imidazole rings is 1. The van der Waals surface area contributed by atoms with Crippen LogP contribution in [-0.4, -0.2) is 9.55 Å². The molecule has 0 saturated heterocycles. The Balaban J connectivity index is 1.89. The number of halogens is 1. The van der Waals surface area contributed by atoms with Crippen molar-refractivity contribution in [3.05, 3.63) is 58.3 Å². The first-order valence-electron chi connectivity index (χ1n) is 6.53. The van der Waals surface area contributed by atoms with Crippen molar-refractivity contribution in [2.24, 2.45) is 7.05 Å². The summed E-state index contributed by atoms with van der Waals surface area (Å²) in [7, 11) is 2.00. The van der Waals surface area contributed by atoms with E-state index < -0.39 is 0 Å². The molecule has 3 aromatic rings. The summed E-state index contributed by atoms with van der Waals surface area (Å²) in [5.74, 6) is 0.931. The Morgan fingerprint density at radius 1 is 1.29 bits per heavy atom. The van der Waals surface area contributed by atoms with Crippen LogP contribution in [0.2, 0.25) is 0 Å². The molecule has 4 nitrogen and oxygen atoms in total. The summed E-state index contributed by atoms with van der Waals surface area (Å²) in [5.41, 5.74) is 3.51. The van der Waals surface area contributed by atoms with Crippen molar-refractivity contribution in [2.75, 3.05) is 5.32 Å². The van der Waals surface area contributed by atoms with E-state index in [1.807, 2.05) is 43.4 Å². The van der Waals surface area contributed by atoms with Crippen LogP contribution >= 0.6 is 15.9 Å². The fourth-order valence-corrected chi connectivity index (χ4v) is 2.65. The van der Waals surface area contributed by atoms with Crippen LogP contribution in [0.1, 0.15) is 11.4 Å². The number of aromatic nitrogens is 2. The monoisotopic (exact) mass is 340 g/mol. The first kappa shape index (κ1) is 13.7. The standard InChI is InChI=1S/C16H13BrN4/c1-21-15-5-3-2-4-13(15)20-16(21)10-19-14-8-12(17)7-6-11(14)9-18/h2-8,19H,10H2,1H3. The number of fused-ring (bicyclic) bond motifs is 1. The Kier molecular flexibility index (Phi) is 3.63. The minimum Gasteiger partial charge on any atom is -0.377 e. The van der Waals surface area contributed by atoms with E-state index >= 15 is 0 Å². The second-order valence-electron chi connectivity index (χ2n) is 4.73. The van der Waals surface area contributed by atoms with Crippen molar-refractivity contribution in [1.29, 1.82) is 5.26 Å². The average Bonchev–Trinajstić information content (AvgIpc) is 2.82. The Hall–Kier alpha value is -2.32. The van der Waals surface area contributed by atoms with Crippen LogP contribution in [-0.2, 0) is 13.6 Å². The van der Waals surface area contributed by atoms with Gasteiger partial charge in [0, 0.05) is 11.5 Å². The van der Waals surface area contributed by atoms with Gasteiger partial charge in [-0.2, -0.15) is 5.26 Å². The van der Waals surface area contributed by atoms with Crippen LogP contribution < -0.4 is 5.32 Å². The zero-order valence-electron chi connectivity index (χ0n) is 11.5. The zero-order chi connectivity index (χ0) is 14.8. The molecule has 0 amide bonds. The Morgan fingerprint density at radius 3 is 2.86 bits per heavy atom. The third kappa shape index (κ3) is 2.63. The number of aryl methyl sites for hydroxylation is 1. The van der Waals surface area contributed by atoms with Crippen molar-refractivity contribution in [3.8, 4) is 6.07 Å². The van der Waals surface area contributed by atoms with Crippen molar-refractivity contribution >= 4 is 32.7 Å². The minimum atomic E-state index is 0.566. The molecular formula is C16H13BrN4. The van der Waals surface area contributed by atoms with Crippen LogP contribution in [0, 0.1) is 11.3 Å². The first-order valence-corrected chi connectivity index (χ1v) is 7.32. The SMILES string of the molecule is Cn1c(CNc2cc(Br)ccc2C#N)nc2ccccc21. The maximum absolute atomic E-state index is 9.15. The van der Waals surface area contributed by atoms with Gasteiger partial charge in [-0.15, -0.1) is 0 Å². The first-order chi connectivity index (χ1) is 10.2. The van der Waals surface area contributed by atoms with E-state index in [4.69, 9.17) is 5.26 Å². The summed E-state index contributed by atoms with van der Waals surface area (Å²) in [5, 5.41) is 12.4. The number of hydrogen-bond donors (Lipinski definition) is 1. The number of nitrogens with zero attached hydrogens (tertiary/aromatic N) is 3. The number of anilines is 1. The Bertz CT molecular complexity index is 845. The number of hydrogen-bond acceptors (Lipinski definition) is 3. The number of benzene rings is 2. The van der Waals surface area contributed by atoms with E-state index in [1.54, 1.807) is 6.07 Å². The van der Waals surface area contributed by atoms with Crippen molar-refractivity contribution in [2.45, 2.75) is 6.54 Å². The Morgan fingerprint density at radius 2 is 2.10 bits per heavy atom. The summed E-state index contributed by atoms with van der Waals surface area (Å²) < 4.78 is 3.00. The summed E-state index contributed by atoms with van der Waals surface area (Å²) in [6, 6.07) is 15.8. The summed E-state index contributed by atoms with van der Waals surface area (Å²) in [4.78, 5) is 4.61. The van der Waals surface area contributed by atoms with Gasteiger partial charge in [0.25, 0.3) is 0 Å². The largest absolute Gasteiger partial charge is 0.377 e. The van der Waals surface area contributed by atoms with E-state index in [0.717, 1.165) is 27.0 Å². The lowest BCUT2D eigenvalue weighted by Crippen LogP contribution is -2.07. The minimum absolute atomic E-state index is 0.566. The molecule has 3 rings (SSSR count). The molecule has 0 bridgehead atoms. The van der Waals surface area contributed by atoms with Gasteiger partial charge in [-0.3, -0.25) is 0 Å². The van der Waals surface area contributed by atoms with Crippen molar-refractivity contribution in [1.82, 2.24) is 9.55 Å². The third-order valence-electron chi connectivity index (χ3n) is 3.42. The van der Waals surface area contributed by atoms with E-state index in [0.29, 0.717) is 12.1 Å². The lowest BCUT2D eigenvalue weighted by Gasteiger charge is -2.08. The quantitative estimate of drug-likeness (QED) is 0.788. The van der Waals surface area contributed by atoms with Crippen LogP contribution in [0.15, 0.2) is 46.9 Å². The van der Waals surface area contributed by atoms with Gasteiger partial charge in [0.05, 0.1) is 28.8 Å². The number of nitriles is 1. The van der Waals surface area contributed by atoms with Gasteiger partial charge in [0.15, 0.2) is 0 Å². The Labute approximate surface area is 131 Å². The second-order valence-corrected chi connectivity index (χ2v) is 5.65. The molecule has 0 aliphatic carbocycles. The normalized spacial score (nSPS) is 10.5. The molecule has 104 valence electrons. The molecule has 0 aliphatic heterocycles. The van der Waals surface area contributed by atoms with E-state index in [-0.39, 0.29) is 0 Å². The lowest BCUT2D eigenvalue weighted by molar-refractivity contribution is 0.834. The van der Waals surface area contributed by atoms with Crippen LogP contribution in [0.4, 0.5) is 5.69 Å². The van der Waals surface area contributed by atoms with Gasteiger partial charge in [0.2, 0.25) is 0 Å². The number of para-hydroxylation sites is 2. The number of nitrogens with one attached hydrogen (secondary N) is 1. The number of rotatable bonds is 3. The van der Waals surface area contributed by atoms with Gasteiger partial charge in [-0.1, -0.05) is 28.1 Å². The van der Waals surface area contributed by atoms with Gasteiger partial charge in [0.1, 0.15) is 11.9 Å². The maximum Gasteiger partial charge on any atom is 0.128 e. The molecule has 5 heteroatoms. The maximum atomic E-state index is 9.15. The smallest absolute Gasteiger partial charge is 0.128 e. The molecule has 21 heavy (non-hydrogen) atoms. The van der Waals surface area contributed by atoms with Gasteiger partial charge in [-0.05, 0) is 30.3 Å². The molecular weight excluding hydrogens is 328 g/mol. The van der Waals surface area contributed by atoms with E-state index in [2.05, 4.69) is 36.9 Å². The zero-order valence-corrected chi connectivity index (χ0v) is 13.1. The summed E-state index contributed by atoms with van der Waals surface area (Å²) in [6.45, 7) is 0.566. The van der Waals surface area contributed by atoms with Gasteiger partial charge in [-0.25, -0.2) is 4.98 Å². The molecule has 0 radical (unpaired) electrons. The summed E-state index contributed by atoms with van der Waals surface area (Å²) in [6.07, 6.45) is 0. The topological polar surface area (TPSA) is 53.6 Å². The summed E-state index contributed by atoms with van der Waals surface area (Å²) >= 11 is 3.42. The second kappa shape index (κ2) is 5.58. The lowest BCUT2D eigenvalue weighted by atomic mass is 10.2. The molecule has 0 aliphatic rings. The fourth-order valence-electron chi connectivity index (χ4n) is 2.29. The molecule has 0 atom stereocenters. The molecule has 1 heterocycles. The van der Waals surface area contributed by atoms with Crippen molar-refractivity contribution < 1.29 is 0 Å². The van der Waals surface area contributed by atoms with Crippen molar-refractivity contribution in [3.63, 3.8) is 0 Å². The highest BCUT2D eigenvalue weighted by molar-refractivity contribution is 9.10. The molecule has 0 fully saturated rings. The van der Waals surface area contributed by atoms with E-state index in [1.165, 1.54) is 0 Å². The molecule has 0 spiro atoms. The fraction of sp³-hybridized carbons (Fsp3) is 0.125. The van der Waals surface area contributed by atoms with Gasteiger partial charge >= 0.3 is 0 Å². The van der Waals surface area contributed by atoms with Crippen LogP contribution in [0.25, 0.3) is 11.0 Å². The highest BCUT2D eigenvalue weighted by Crippen LogP contribution is 2.22. The van der Waals surface area contributed by atoms with Gasteiger partial charge < -0.3 is 9.88 Å². The molecule has 0 unspecified atom stereocenters. The molecule has 1 aromatic heterocycles.